The molecule has 0 bridgehead atoms. The minimum Gasteiger partial charge on any atom is -0.354 e. The lowest BCUT2D eigenvalue weighted by Crippen LogP contribution is -2.48. The van der Waals surface area contributed by atoms with E-state index in [-0.39, 0.29) is 37.7 Å². The lowest BCUT2D eigenvalue weighted by atomic mass is 10.1. The second-order valence-corrected chi connectivity index (χ2v) is 11.3. The molecule has 1 unspecified atom stereocenters. The van der Waals surface area contributed by atoms with Crippen LogP contribution in [-0.4, -0.2) is 50.5 Å². The quantitative estimate of drug-likeness (QED) is 0.388. The maximum Gasteiger partial charge on any atom is 0.242 e. The monoisotopic (exact) mass is 561 g/mol. The average Bonchev–Trinajstić information content (AvgIpc) is 2.79. The summed E-state index contributed by atoms with van der Waals surface area (Å²) >= 11 is 18.2. The van der Waals surface area contributed by atoms with E-state index in [1.54, 1.807) is 49.4 Å². The third-order valence-electron chi connectivity index (χ3n) is 5.34. The van der Waals surface area contributed by atoms with Crippen LogP contribution in [0.3, 0.4) is 0 Å². The number of carbonyl (C=O) groups excluding carboxylic acids is 2. The van der Waals surface area contributed by atoms with Gasteiger partial charge >= 0.3 is 0 Å². The molecule has 0 spiro atoms. The van der Waals surface area contributed by atoms with Crippen molar-refractivity contribution in [2.45, 2.75) is 45.7 Å². The van der Waals surface area contributed by atoms with E-state index >= 15 is 0 Å². The van der Waals surface area contributed by atoms with Gasteiger partial charge in [0.2, 0.25) is 21.8 Å². The minimum absolute atomic E-state index is 0.0379. The zero-order chi connectivity index (χ0) is 26.2. The Labute approximate surface area is 222 Å². The topological polar surface area (TPSA) is 86.8 Å². The summed E-state index contributed by atoms with van der Waals surface area (Å²) in [5.41, 5.74) is 1.11. The summed E-state index contributed by atoms with van der Waals surface area (Å²) in [7, 11) is -3.58. The number of nitrogens with one attached hydrogen (secondary N) is 1. The van der Waals surface area contributed by atoms with E-state index in [0.717, 1.165) is 12.7 Å². The summed E-state index contributed by atoms with van der Waals surface area (Å²) < 4.78 is 25.9. The third kappa shape index (κ3) is 8.86. The number of sulfonamides is 1. The van der Waals surface area contributed by atoms with Crippen LogP contribution in [0, 0.1) is 0 Å². The Morgan fingerprint density at radius 2 is 1.66 bits per heavy atom. The van der Waals surface area contributed by atoms with Gasteiger partial charge in [-0.05, 0) is 61.7 Å². The molecule has 0 fully saturated rings. The maximum atomic E-state index is 13.2. The molecule has 0 aromatic heterocycles. The number of benzene rings is 2. The number of halogens is 3. The first-order valence-corrected chi connectivity index (χ1v) is 14.2. The van der Waals surface area contributed by atoms with Crippen molar-refractivity contribution in [1.82, 2.24) is 10.2 Å². The normalized spacial score (nSPS) is 12.2. The first kappa shape index (κ1) is 29.2. The average molecular weight is 563 g/mol. The molecule has 1 atom stereocenters. The van der Waals surface area contributed by atoms with Crippen molar-refractivity contribution >= 4 is 62.3 Å². The fourth-order valence-corrected chi connectivity index (χ4v) is 4.98. The Hall–Kier alpha value is -2.00. The van der Waals surface area contributed by atoms with Gasteiger partial charge in [-0.2, -0.15) is 0 Å². The van der Waals surface area contributed by atoms with Gasteiger partial charge in [-0.1, -0.05) is 47.8 Å². The van der Waals surface area contributed by atoms with Gasteiger partial charge < -0.3 is 10.2 Å². The lowest BCUT2D eigenvalue weighted by Gasteiger charge is -2.29. The maximum absolute atomic E-state index is 13.2. The second-order valence-electron chi connectivity index (χ2n) is 8.14. The predicted octanol–water partition coefficient (Wildman–Crippen LogP) is 5.14. The molecule has 2 aromatic rings. The molecule has 0 aliphatic carbocycles. The molecule has 0 heterocycles. The van der Waals surface area contributed by atoms with Crippen LogP contribution >= 0.6 is 34.8 Å². The molecule has 11 heteroatoms. The summed E-state index contributed by atoms with van der Waals surface area (Å²) in [6.07, 6.45) is 2.17. The van der Waals surface area contributed by atoms with E-state index in [2.05, 4.69) is 5.32 Å². The Kier molecular flexibility index (Phi) is 11.1. The van der Waals surface area contributed by atoms with Crippen LogP contribution in [0.25, 0.3) is 0 Å². The highest BCUT2D eigenvalue weighted by molar-refractivity contribution is 7.92. The number of rotatable bonds is 12. The largest absolute Gasteiger partial charge is 0.354 e. The van der Waals surface area contributed by atoms with Crippen LogP contribution in [-0.2, 0) is 26.2 Å². The SMILES string of the molecule is CCCNC(=O)C(C)N(Cc1ccc(Cl)cc1Cl)C(=O)CCCN(c1ccc(Cl)cc1)S(C)(=O)=O. The number of hydrogen-bond donors (Lipinski definition) is 1. The van der Waals surface area contributed by atoms with Crippen molar-refractivity contribution in [1.29, 1.82) is 0 Å². The molecule has 192 valence electrons. The first-order chi connectivity index (χ1) is 16.4. The van der Waals surface area contributed by atoms with E-state index in [0.29, 0.717) is 32.9 Å². The summed E-state index contributed by atoms with van der Waals surface area (Å²) in [6.45, 7) is 4.30. The fourth-order valence-electron chi connectivity index (χ4n) is 3.42. The Morgan fingerprint density at radius 3 is 2.23 bits per heavy atom. The van der Waals surface area contributed by atoms with Crippen molar-refractivity contribution in [3.05, 3.63) is 63.1 Å². The number of hydrogen-bond acceptors (Lipinski definition) is 4. The van der Waals surface area contributed by atoms with Crippen LogP contribution in [0.4, 0.5) is 5.69 Å². The molecule has 2 amide bonds. The van der Waals surface area contributed by atoms with Crippen LogP contribution in [0.5, 0.6) is 0 Å². The molecule has 0 radical (unpaired) electrons. The zero-order valence-corrected chi connectivity index (χ0v) is 23.0. The van der Waals surface area contributed by atoms with Crippen molar-refractivity contribution in [2.24, 2.45) is 0 Å². The fraction of sp³-hybridized carbons (Fsp3) is 0.417. The molecular formula is C24H30Cl3N3O4S. The smallest absolute Gasteiger partial charge is 0.242 e. The molecule has 0 saturated carbocycles. The van der Waals surface area contributed by atoms with Gasteiger partial charge in [0.25, 0.3) is 0 Å². The van der Waals surface area contributed by atoms with Gasteiger partial charge in [0.15, 0.2) is 0 Å². The third-order valence-corrected chi connectivity index (χ3v) is 7.37. The summed E-state index contributed by atoms with van der Waals surface area (Å²) in [5.74, 6) is -0.566. The van der Waals surface area contributed by atoms with Crippen LogP contribution in [0.15, 0.2) is 42.5 Å². The van der Waals surface area contributed by atoms with Gasteiger partial charge in [0, 0.05) is 41.1 Å². The molecule has 7 nitrogen and oxygen atoms in total. The number of anilines is 1. The Morgan fingerprint density at radius 1 is 1.03 bits per heavy atom. The van der Waals surface area contributed by atoms with Crippen LogP contribution in [0.2, 0.25) is 15.1 Å². The Bertz CT molecular complexity index is 1130. The molecule has 1 N–H and O–H groups in total. The highest BCUT2D eigenvalue weighted by atomic mass is 35.5. The first-order valence-electron chi connectivity index (χ1n) is 11.2. The summed E-state index contributed by atoms with van der Waals surface area (Å²) in [4.78, 5) is 27.3. The Balaban J connectivity index is 2.18. The van der Waals surface area contributed by atoms with E-state index in [1.807, 2.05) is 6.92 Å². The van der Waals surface area contributed by atoms with Gasteiger partial charge in [-0.25, -0.2) is 8.42 Å². The molecular weight excluding hydrogens is 533 g/mol. The minimum atomic E-state index is -3.58. The number of carbonyl (C=O) groups is 2. The van der Waals surface area contributed by atoms with Gasteiger partial charge in [-0.3, -0.25) is 13.9 Å². The van der Waals surface area contributed by atoms with Gasteiger partial charge in [-0.15, -0.1) is 0 Å². The van der Waals surface area contributed by atoms with Crippen molar-refractivity contribution in [3.63, 3.8) is 0 Å². The molecule has 2 rings (SSSR count). The van der Waals surface area contributed by atoms with Gasteiger partial charge in [0.1, 0.15) is 6.04 Å². The van der Waals surface area contributed by atoms with E-state index in [4.69, 9.17) is 34.8 Å². The number of amides is 2. The molecule has 2 aromatic carbocycles. The van der Waals surface area contributed by atoms with E-state index in [9.17, 15) is 18.0 Å². The van der Waals surface area contributed by atoms with Crippen LogP contribution < -0.4 is 9.62 Å². The predicted molar refractivity (Wildman–Crippen MR) is 143 cm³/mol. The summed E-state index contributed by atoms with van der Waals surface area (Å²) in [6, 6.07) is 10.7. The van der Waals surface area contributed by atoms with Crippen molar-refractivity contribution in [3.8, 4) is 0 Å². The van der Waals surface area contributed by atoms with Crippen molar-refractivity contribution in [2.75, 3.05) is 23.7 Å². The van der Waals surface area contributed by atoms with Crippen molar-refractivity contribution < 1.29 is 18.0 Å². The molecule has 0 aliphatic heterocycles. The molecule has 35 heavy (non-hydrogen) atoms. The number of nitrogens with zero attached hydrogens (tertiary/aromatic N) is 2. The van der Waals surface area contributed by atoms with Crippen LogP contribution in [0.1, 0.15) is 38.7 Å². The summed E-state index contributed by atoms with van der Waals surface area (Å²) in [5, 5.41) is 4.16. The van der Waals surface area contributed by atoms with Gasteiger partial charge in [0.05, 0.1) is 11.9 Å². The zero-order valence-electron chi connectivity index (χ0n) is 19.9. The second kappa shape index (κ2) is 13.3. The highest BCUT2D eigenvalue weighted by Gasteiger charge is 2.27. The standard InChI is InChI=1S/C24H30Cl3N3O4S/c1-4-13-28-24(32)17(2)29(16-18-7-8-20(26)15-22(18)27)23(31)6-5-14-30(35(3,33)34)21-11-9-19(25)10-12-21/h7-12,15,17H,4-6,13-14,16H2,1-3H3,(H,28,32). The molecule has 0 aliphatic rings. The highest BCUT2D eigenvalue weighted by Crippen LogP contribution is 2.24. The lowest BCUT2D eigenvalue weighted by molar-refractivity contribution is -0.140. The van der Waals surface area contributed by atoms with E-state index < -0.39 is 16.1 Å². The van der Waals surface area contributed by atoms with E-state index in [1.165, 1.54) is 9.21 Å². The molecule has 0 saturated heterocycles.